The van der Waals surface area contributed by atoms with Gasteiger partial charge in [-0.3, -0.25) is 0 Å². The van der Waals surface area contributed by atoms with E-state index in [0.717, 1.165) is 0 Å². The van der Waals surface area contributed by atoms with Crippen molar-refractivity contribution in [2.45, 2.75) is 6.61 Å². The molecule has 0 aliphatic heterocycles. The first-order valence-corrected chi connectivity index (χ1v) is 6.12. The molecule has 2 aromatic rings. The van der Waals surface area contributed by atoms with E-state index in [1.807, 2.05) is 0 Å². The molecule has 0 atom stereocenters. The zero-order valence-corrected chi connectivity index (χ0v) is 11.2. The first-order valence-electron chi connectivity index (χ1n) is 5.33. The number of pyridine rings is 1. The number of rotatable bonds is 4. The Bertz CT molecular complexity index is 619. The fourth-order valence-corrected chi connectivity index (χ4v) is 1.80. The molecule has 0 radical (unpaired) electrons. The van der Waals surface area contributed by atoms with Crippen molar-refractivity contribution in [3.8, 4) is 5.75 Å². The number of carbonyl (C=O) groups is 1. The van der Waals surface area contributed by atoms with Crippen LogP contribution in [0.25, 0.3) is 0 Å². The average Bonchev–Trinajstić information content (AvgIpc) is 2.38. The number of carboxylic acids is 1. The molecule has 0 fully saturated rings. The molecule has 0 saturated heterocycles. The van der Waals surface area contributed by atoms with Crippen molar-refractivity contribution in [3.05, 3.63) is 58.1 Å². The number of hydrogen-bond acceptors (Lipinski definition) is 3. The Balaban J connectivity index is 2.17. The van der Waals surface area contributed by atoms with Crippen LogP contribution in [0.4, 0.5) is 4.39 Å². The lowest BCUT2D eigenvalue weighted by atomic mass is 10.2. The van der Waals surface area contributed by atoms with E-state index in [2.05, 4.69) is 20.9 Å². The van der Waals surface area contributed by atoms with Crippen LogP contribution in [0, 0.1) is 5.82 Å². The molecule has 1 N–H and O–H groups in total. The highest BCUT2D eigenvalue weighted by molar-refractivity contribution is 9.10. The van der Waals surface area contributed by atoms with Crippen LogP contribution in [0.1, 0.15) is 16.1 Å². The van der Waals surface area contributed by atoms with Crippen LogP contribution in [-0.4, -0.2) is 16.1 Å². The van der Waals surface area contributed by atoms with Crippen molar-refractivity contribution in [1.29, 1.82) is 0 Å². The van der Waals surface area contributed by atoms with Gasteiger partial charge in [0.1, 0.15) is 12.4 Å². The van der Waals surface area contributed by atoms with Gasteiger partial charge in [-0.05, 0) is 24.3 Å². The summed E-state index contributed by atoms with van der Waals surface area (Å²) in [6.45, 7) is -0.0644. The molecule has 1 aromatic heterocycles. The number of ether oxygens (including phenoxy) is 1. The topological polar surface area (TPSA) is 59.4 Å². The fourth-order valence-electron chi connectivity index (χ4n) is 1.46. The maximum atomic E-state index is 13.6. The predicted molar refractivity (Wildman–Crippen MR) is 69.6 cm³/mol. The molecule has 0 saturated carbocycles. The lowest BCUT2D eigenvalue weighted by Gasteiger charge is -2.09. The van der Waals surface area contributed by atoms with Gasteiger partial charge in [0.25, 0.3) is 0 Å². The van der Waals surface area contributed by atoms with E-state index in [0.29, 0.717) is 10.0 Å². The van der Waals surface area contributed by atoms with Crippen LogP contribution < -0.4 is 4.74 Å². The van der Waals surface area contributed by atoms with Crippen LogP contribution in [-0.2, 0) is 6.61 Å². The largest absolute Gasteiger partial charge is 0.486 e. The molecule has 0 unspecified atom stereocenters. The van der Waals surface area contributed by atoms with Crippen molar-refractivity contribution in [3.63, 3.8) is 0 Å². The second-order valence-electron chi connectivity index (χ2n) is 3.68. The highest BCUT2D eigenvalue weighted by atomic mass is 79.9. The van der Waals surface area contributed by atoms with Gasteiger partial charge in [0, 0.05) is 16.2 Å². The van der Waals surface area contributed by atoms with E-state index >= 15 is 0 Å². The minimum absolute atomic E-state index is 0.0644. The number of halogens is 2. The zero-order valence-electron chi connectivity index (χ0n) is 9.64. The third-order valence-corrected chi connectivity index (χ3v) is 2.86. The summed E-state index contributed by atoms with van der Waals surface area (Å²) in [5.41, 5.74) is 0.142. The first-order chi connectivity index (χ1) is 9.08. The maximum Gasteiger partial charge on any atom is 0.358 e. The molecule has 0 aliphatic rings. The van der Waals surface area contributed by atoms with Crippen LogP contribution >= 0.6 is 15.9 Å². The highest BCUT2D eigenvalue weighted by Crippen LogP contribution is 2.20. The standard InChI is InChI=1S/C13H9BrFNO3/c14-9-4-3-8(10(15)6-9)7-19-11-2-1-5-16-12(11)13(17)18/h1-6H,7H2,(H,17,18). The Morgan fingerprint density at radius 2 is 2.21 bits per heavy atom. The van der Waals surface area contributed by atoms with Gasteiger partial charge in [0.05, 0.1) is 0 Å². The Kier molecular flexibility index (Phi) is 4.11. The summed E-state index contributed by atoms with van der Waals surface area (Å²) in [4.78, 5) is 14.6. The number of benzene rings is 1. The van der Waals surface area contributed by atoms with Crippen LogP contribution in [0.15, 0.2) is 41.0 Å². The third kappa shape index (κ3) is 3.29. The minimum Gasteiger partial charge on any atom is -0.486 e. The summed E-state index contributed by atoms with van der Waals surface area (Å²) in [7, 11) is 0. The van der Waals surface area contributed by atoms with Gasteiger partial charge < -0.3 is 9.84 Å². The second-order valence-corrected chi connectivity index (χ2v) is 4.60. The van der Waals surface area contributed by atoms with Crippen molar-refractivity contribution in [2.75, 3.05) is 0 Å². The molecule has 1 aromatic carbocycles. The van der Waals surface area contributed by atoms with Crippen LogP contribution in [0.2, 0.25) is 0 Å². The number of hydrogen-bond donors (Lipinski definition) is 1. The van der Waals surface area contributed by atoms with Crippen molar-refractivity contribution < 1.29 is 19.0 Å². The Morgan fingerprint density at radius 1 is 1.42 bits per heavy atom. The molecule has 0 aliphatic carbocycles. The normalized spacial score (nSPS) is 10.2. The highest BCUT2D eigenvalue weighted by Gasteiger charge is 2.13. The van der Waals surface area contributed by atoms with Crippen molar-refractivity contribution >= 4 is 21.9 Å². The lowest BCUT2D eigenvalue weighted by Crippen LogP contribution is -2.06. The van der Waals surface area contributed by atoms with Crippen LogP contribution in [0.5, 0.6) is 5.75 Å². The first kappa shape index (κ1) is 13.5. The quantitative estimate of drug-likeness (QED) is 0.937. The fraction of sp³-hybridized carbons (Fsp3) is 0.0769. The van der Waals surface area contributed by atoms with E-state index in [4.69, 9.17) is 9.84 Å². The summed E-state index contributed by atoms with van der Waals surface area (Å²) in [5, 5.41) is 8.93. The summed E-state index contributed by atoms with van der Waals surface area (Å²) in [5.74, 6) is -1.50. The van der Waals surface area contributed by atoms with Crippen molar-refractivity contribution in [1.82, 2.24) is 4.98 Å². The van der Waals surface area contributed by atoms with Gasteiger partial charge in [-0.1, -0.05) is 22.0 Å². The van der Waals surface area contributed by atoms with E-state index < -0.39 is 11.8 Å². The second kappa shape index (κ2) is 5.79. The van der Waals surface area contributed by atoms with E-state index in [1.165, 1.54) is 18.3 Å². The molecule has 19 heavy (non-hydrogen) atoms. The summed E-state index contributed by atoms with van der Waals surface area (Å²) in [6.07, 6.45) is 1.36. The number of aromatic nitrogens is 1. The molecule has 6 heteroatoms. The van der Waals surface area contributed by atoms with Gasteiger partial charge in [0.15, 0.2) is 11.4 Å². The number of aromatic carboxylic acids is 1. The summed E-state index contributed by atoms with van der Waals surface area (Å²) in [6, 6.07) is 7.60. The van der Waals surface area contributed by atoms with E-state index in [-0.39, 0.29) is 18.1 Å². The smallest absolute Gasteiger partial charge is 0.358 e. The minimum atomic E-state index is -1.19. The molecule has 98 valence electrons. The van der Waals surface area contributed by atoms with Gasteiger partial charge >= 0.3 is 5.97 Å². The lowest BCUT2D eigenvalue weighted by molar-refractivity contribution is 0.0685. The molecular formula is C13H9BrFNO3. The third-order valence-electron chi connectivity index (χ3n) is 2.37. The molecule has 4 nitrogen and oxygen atoms in total. The maximum absolute atomic E-state index is 13.6. The predicted octanol–water partition coefficient (Wildman–Crippen LogP) is 3.26. The zero-order chi connectivity index (χ0) is 13.8. The summed E-state index contributed by atoms with van der Waals surface area (Å²) < 4.78 is 19.5. The summed E-state index contributed by atoms with van der Waals surface area (Å²) >= 11 is 3.15. The number of nitrogens with zero attached hydrogens (tertiary/aromatic N) is 1. The molecule has 1 heterocycles. The molecule has 2 rings (SSSR count). The molecule has 0 amide bonds. The Morgan fingerprint density at radius 3 is 2.89 bits per heavy atom. The SMILES string of the molecule is O=C(O)c1ncccc1OCc1ccc(Br)cc1F. The van der Waals surface area contributed by atoms with Gasteiger partial charge in [-0.15, -0.1) is 0 Å². The molecule has 0 bridgehead atoms. The van der Waals surface area contributed by atoms with Crippen LogP contribution in [0.3, 0.4) is 0 Å². The monoisotopic (exact) mass is 325 g/mol. The van der Waals surface area contributed by atoms with Gasteiger partial charge in [-0.2, -0.15) is 0 Å². The van der Waals surface area contributed by atoms with E-state index in [1.54, 1.807) is 18.2 Å². The van der Waals surface area contributed by atoms with E-state index in [9.17, 15) is 9.18 Å². The van der Waals surface area contributed by atoms with Gasteiger partial charge in [0.2, 0.25) is 0 Å². The van der Waals surface area contributed by atoms with Crippen molar-refractivity contribution in [2.24, 2.45) is 0 Å². The molecule has 0 spiro atoms. The number of carboxylic acid groups (broad SMARTS) is 1. The van der Waals surface area contributed by atoms with Gasteiger partial charge in [-0.25, -0.2) is 14.2 Å². The molecular weight excluding hydrogens is 317 g/mol. The average molecular weight is 326 g/mol. The Labute approximate surface area is 117 Å². The Hall–Kier alpha value is -1.95.